The normalized spacial score (nSPS) is 24.2. The SMILES string of the molecule is CC1(C(=O)N2CCC(O)(Cn3cnc4c(cnn4-c4ccc(N5CCN6CCCC[C@H]6C5)cc4)c3=O)CC2)CC1. The van der Waals surface area contributed by atoms with E-state index in [0.717, 1.165) is 38.2 Å². The molecule has 1 atom stereocenters. The summed E-state index contributed by atoms with van der Waals surface area (Å²) in [7, 11) is 0. The molecule has 4 aliphatic rings. The van der Waals surface area contributed by atoms with Crippen LogP contribution in [0.1, 0.15) is 51.9 Å². The van der Waals surface area contributed by atoms with Crippen molar-refractivity contribution in [3.8, 4) is 5.69 Å². The number of hydrogen-bond donors (Lipinski definition) is 1. The molecule has 10 heteroatoms. The summed E-state index contributed by atoms with van der Waals surface area (Å²) in [4.78, 5) is 37.6. The first-order valence-electron chi connectivity index (χ1n) is 14.9. The minimum atomic E-state index is -1.05. The molecule has 212 valence electrons. The summed E-state index contributed by atoms with van der Waals surface area (Å²) >= 11 is 0. The van der Waals surface area contributed by atoms with Gasteiger partial charge in [-0.15, -0.1) is 0 Å². The highest BCUT2D eigenvalue weighted by Gasteiger charge is 2.48. The van der Waals surface area contributed by atoms with Gasteiger partial charge in [0.25, 0.3) is 5.56 Å². The van der Waals surface area contributed by atoms with Crippen LogP contribution < -0.4 is 10.5 Å². The van der Waals surface area contributed by atoms with E-state index in [2.05, 4.69) is 32.0 Å². The number of amides is 1. The fourth-order valence-corrected chi connectivity index (χ4v) is 6.83. The number of fused-ring (bicyclic) bond motifs is 2. The van der Waals surface area contributed by atoms with Gasteiger partial charge < -0.3 is 14.9 Å². The van der Waals surface area contributed by atoms with Crippen LogP contribution in [0.4, 0.5) is 5.69 Å². The molecule has 3 aliphatic heterocycles. The quantitative estimate of drug-likeness (QED) is 0.526. The molecule has 1 amide bonds. The van der Waals surface area contributed by atoms with Crippen LogP contribution in [0.15, 0.2) is 41.6 Å². The lowest BCUT2D eigenvalue weighted by Gasteiger charge is -2.45. The molecular formula is C30H39N7O3. The van der Waals surface area contributed by atoms with Gasteiger partial charge in [-0.1, -0.05) is 13.3 Å². The van der Waals surface area contributed by atoms with E-state index in [1.54, 1.807) is 10.9 Å². The average Bonchev–Trinajstić information content (AvgIpc) is 3.58. The molecule has 3 aromatic rings. The molecule has 0 bridgehead atoms. The van der Waals surface area contributed by atoms with Gasteiger partial charge in [-0.2, -0.15) is 5.10 Å². The number of piperidine rings is 2. The molecule has 5 heterocycles. The number of likely N-dealkylation sites (tertiary alicyclic amines) is 1. The molecule has 0 unspecified atom stereocenters. The van der Waals surface area contributed by atoms with Crippen molar-refractivity contribution >= 4 is 22.6 Å². The number of nitrogens with zero attached hydrogens (tertiary/aromatic N) is 7. The molecule has 4 fully saturated rings. The van der Waals surface area contributed by atoms with Gasteiger partial charge >= 0.3 is 0 Å². The highest BCUT2D eigenvalue weighted by atomic mass is 16.3. The third-order valence-electron chi connectivity index (χ3n) is 9.81. The highest BCUT2D eigenvalue weighted by molar-refractivity contribution is 5.85. The van der Waals surface area contributed by atoms with Gasteiger partial charge in [0.2, 0.25) is 5.91 Å². The molecule has 3 saturated heterocycles. The number of benzene rings is 1. The maximum absolute atomic E-state index is 13.4. The largest absolute Gasteiger partial charge is 0.388 e. The Kier molecular flexibility index (Phi) is 6.23. The molecule has 1 N–H and O–H groups in total. The number of carbonyl (C=O) groups is 1. The molecule has 0 spiro atoms. The van der Waals surface area contributed by atoms with E-state index >= 15 is 0 Å². The molecule has 1 saturated carbocycles. The minimum Gasteiger partial charge on any atom is -0.388 e. The zero-order chi connectivity index (χ0) is 27.5. The van der Waals surface area contributed by atoms with E-state index < -0.39 is 5.60 Å². The molecule has 7 rings (SSSR count). The number of anilines is 1. The summed E-state index contributed by atoms with van der Waals surface area (Å²) in [5.74, 6) is 0.196. The first-order valence-corrected chi connectivity index (χ1v) is 14.9. The van der Waals surface area contributed by atoms with Gasteiger partial charge in [0.15, 0.2) is 5.65 Å². The molecule has 40 heavy (non-hydrogen) atoms. The third kappa shape index (κ3) is 4.60. The second-order valence-corrected chi connectivity index (χ2v) is 12.7. The Morgan fingerprint density at radius 3 is 2.50 bits per heavy atom. The van der Waals surface area contributed by atoms with E-state index in [0.29, 0.717) is 43.0 Å². The second kappa shape index (κ2) is 9.69. The van der Waals surface area contributed by atoms with Gasteiger partial charge in [0.05, 0.1) is 24.0 Å². The predicted octanol–water partition coefficient (Wildman–Crippen LogP) is 2.41. The summed E-state index contributed by atoms with van der Waals surface area (Å²) in [6.07, 6.45) is 9.80. The van der Waals surface area contributed by atoms with Gasteiger partial charge in [-0.05, 0) is 69.3 Å². The van der Waals surface area contributed by atoms with Crippen molar-refractivity contribution in [3.05, 3.63) is 47.1 Å². The number of piperazine rings is 1. The van der Waals surface area contributed by atoms with Crippen molar-refractivity contribution in [1.29, 1.82) is 0 Å². The lowest BCUT2D eigenvalue weighted by Crippen LogP contribution is -2.54. The van der Waals surface area contributed by atoms with Crippen molar-refractivity contribution in [2.24, 2.45) is 5.41 Å². The average molecular weight is 546 g/mol. The number of aromatic nitrogens is 4. The third-order valence-corrected chi connectivity index (χ3v) is 9.81. The van der Waals surface area contributed by atoms with Crippen LogP contribution in [0.25, 0.3) is 16.7 Å². The number of hydrogen-bond acceptors (Lipinski definition) is 7. The van der Waals surface area contributed by atoms with E-state index in [4.69, 9.17) is 0 Å². The van der Waals surface area contributed by atoms with E-state index in [-0.39, 0.29) is 23.4 Å². The fraction of sp³-hybridized carbons (Fsp3) is 0.600. The fourth-order valence-electron chi connectivity index (χ4n) is 6.83. The summed E-state index contributed by atoms with van der Waals surface area (Å²) in [6, 6.07) is 9.02. The zero-order valence-corrected chi connectivity index (χ0v) is 23.3. The van der Waals surface area contributed by atoms with Crippen LogP contribution in [0, 0.1) is 5.41 Å². The van der Waals surface area contributed by atoms with E-state index in [1.807, 2.05) is 24.0 Å². The summed E-state index contributed by atoms with van der Waals surface area (Å²) in [5, 5.41) is 16.2. The molecule has 10 nitrogen and oxygen atoms in total. The topological polar surface area (TPSA) is 99.7 Å². The maximum atomic E-state index is 13.4. The van der Waals surface area contributed by atoms with Crippen LogP contribution in [0.5, 0.6) is 0 Å². The highest BCUT2D eigenvalue weighted by Crippen LogP contribution is 2.47. The zero-order valence-electron chi connectivity index (χ0n) is 23.3. The first-order chi connectivity index (χ1) is 19.3. The lowest BCUT2D eigenvalue weighted by molar-refractivity contribution is -0.141. The minimum absolute atomic E-state index is 0.155. The molecule has 2 aromatic heterocycles. The number of carbonyl (C=O) groups excluding carboxylic acids is 1. The number of aliphatic hydroxyl groups is 1. The first kappa shape index (κ1) is 25.7. The van der Waals surface area contributed by atoms with Crippen molar-refractivity contribution in [1.82, 2.24) is 29.1 Å². The van der Waals surface area contributed by atoms with Crippen LogP contribution in [0.2, 0.25) is 0 Å². The van der Waals surface area contributed by atoms with Gasteiger partial charge in [0.1, 0.15) is 11.7 Å². The maximum Gasteiger partial charge on any atom is 0.264 e. The van der Waals surface area contributed by atoms with Crippen molar-refractivity contribution in [2.75, 3.05) is 44.2 Å². The van der Waals surface area contributed by atoms with Crippen molar-refractivity contribution in [3.63, 3.8) is 0 Å². The predicted molar refractivity (Wildman–Crippen MR) is 153 cm³/mol. The smallest absolute Gasteiger partial charge is 0.264 e. The summed E-state index contributed by atoms with van der Waals surface area (Å²) < 4.78 is 3.20. The van der Waals surface area contributed by atoms with Gasteiger partial charge in [0, 0.05) is 49.9 Å². The summed E-state index contributed by atoms with van der Waals surface area (Å²) in [5.41, 5.74) is 1.13. The Morgan fingerprint density at radius 1 is 1.00 bits per heavy atom. The molecule has 0 radical (unpaired) electrons. The Bertz CT molecular complexity index is 1470. The Hall–Kier alpha value is -3.24. The second-order valence-electron chi connectivity index (χ2n) is 12.7. The van der Waals surface area contributed by atoms with Crippen LogP contribution in [-0.2, 0) is 11.3 Å². The van der Waals surface area contributed by atoms with Gasteiger partial charge in [-0.25, -0.2) is 9.67 Å². The van der Waals surface area contributed by atoms with Crippen LogP contribution >= 0.6 is 0 Å². The Balaban J connectivity index is 1.05. The molecule has 1 aliphatic carbocycles. The number of rotatable bonds is 5. The van der Waals surface area contributed by atoms with Crippen molar-refractivity contribution < 1.29 is 9.90 Å². The lowest BCUT2D eigenvalue weighted by atomic mass is 9.90. The monoisotopic (exact) mass is 545 g/mol. The van der Waals surface area contributed by atoms with Crippen LogP contribution in [-0.4, -0.2) is 91.1 Å². The van der Waals surface area contributed by atoms with E-state index in [9.17, 15) is 14.7 Å². The molecule has 1 aromatic carbocycles. The van der Waals surface area contributed by atoms with Crippen molar-refractivity contribution in [2.45, 2.75) is 70.1 Å². The van der Waals surface area contributed by atoms with E-state index in [1.165, 1.54) is 42.4 Å². The van der Waals surface area contributed by atoms with Crippen LogP contribution in [0.3, 0.4) is 0 Å². The standard InChI is InChI=1S/C30H39N7O3/c1-29(9-10-29)28(39)34-14-11-30(40,12-15-34)20-36-21-31-26-25(27(36)38)18-32-37(26)23-7-5-22(6-8-23)35-17-16-33-13-3-2-4-24(33)19-35/h5-8,18,21,24,40H,2-4,9-17,19-20H2,1H3/t24-/m0/s1. The molecular weight excluding hydrogens is 506 g/mol. The summed E-state index contributed by atoms with van der Waals surface area (Å²) in [6.45, 7) is 7.67. The Morgan fingerprint density at radius 2 is 1.75 bits per heavy atom. The Labute approximate surface area is 234 Å². The van der Waals surface area contributed by atoms with Gasteiger partial charge in [-0.3, -0.25) is 19.1 Å².